The monoisotopic (exact) mass is 374 g/mol. The van der Waals surface area contributed by atoms with Crippen LogP contribution in [0.3, 0.4) is 0 Å². The van der Waals surface area contributed by atoms with E-state index in [1.807, 2.05) is 13.0 Å². The van der Waals surface area contributed by atoms with Crippen molar-refractivity contribution in [1.29, 1.82) is 0 Å². The van der Waals surface area contributed by atoms with Gasteiger partial charge in [-0.3, -0.25) is 4.79 Å². The zero-order valence-electron chi connectivity index (χ0n) is 14.7. The molecular weight excluding hydrogens is 356 g/mol. The predicted molar refractivity (Wildman–Crippen MR) is 99.2 cm³/mol. The molecule has 0 bridgehead atoms. The topological polar surface area (TPSA) is 69.2 Å². The van der Waals surface area contributed by atoms with Gasteiger partial charge in [0, 0.05) is 5.02 Å². The Hall–Kier alpha value is -2.73. The van der Waals surface area contributed by atoms with E-state index in [9.17, 15) is 4.79 Å². The van der Waals surface area contributed by atoms with Crippen molar-refractivity contribution in [1.82, 2.24) is 5.43 Å². The molecule has 1 amide bonds. The summed E-state index contributed by atoms with van der Waals surface area (Å²) in [6, 6.07) is 10.6. The molecule has 1 N–H and O–H groups in total. The van der Waals surface area contributed by atoms with Crippen LogP contribution in [0, 0.1) is 6.92 Å². The first-order valence-electron chi connectivity index (χ1n) is 8.03. The number of ether oxygens (including phenoxy) is 3. The zero-order valence-corrected chi connectivity index (χ0v) is 15.5. The minimum atomic E-state index is -1.10. The summed E-state index contributed by atoms with van der Waals surface area (Å²) in [5.41, 5.74) is 3.04. The van der Waals surface area contributed by atoms with Gasteiger partial charge in [-0.1, -0.05) is 11.6 Å². The second kappa shape index (κ2) is 7.25. The van der Waals surface area contributed by atoms with E-state index in [2.05, 4.69) is 10.5 Å². The molecule has 0 unspecified atom stereocenters. The van der Waals surface area contributed by atoms with Crippen molar-refractivity contribution < 1.29 is 19.0 Å². The van der Waals surface area contributed by atoms with E-state index in [4.69, 9.17) is 25.8 Å². The number of nitrogens with one attached hydrogen (secondary N) is 1. The van der Waals surface area contributed by atoms with Gasteiger partial charge in [0.15, 0.2) is 17.1 Å². The summed E-state index contributed by atoms with van der Waals surface area (Å²) in [6.07, 6.45) is 1.53. The Bertz CT molecular complexity index is 865. The van der Waals surface area contributed by atoms with E-state index in [0.717, 1.165) is 11.1 Å². The first-order chi connectivity index (χ1) is 12.3. The van der Waals surface area contributed by atoms with Crippen molar-refractivity contribution in [2.24, 2.45) is 5.10 Å². The van der Waals surface area contributed by atoms with Crippen LogP contribution < -0.4 is 19.6 Å². The molecule has 0 saturated heterocycles. The number of amides is 1. The van der Waals surface area contributed by atoms with Gasteiger partial charge in [0.25, 0.3) is 5.91 Å². The molecule has 6 nitrogen and oxygen atoms in total. The van der Waals surface area contributed by atoms with Crippen molar-refractivity contribution in [3.05, 3.63) is 52.5 Å². The number of benzene rings is 2. The van der Waals surface area contributed by atoms with Crippen LogP contribution in [0.1, 0.15) is 25.0 Å². The van der Waals surface area contributed by atoms with Crippen LogP contribution in [0.5, 0.6) is 17.2 Å². The number of fused-ring (bicyclic) bond motifs is 1. The third-order valence-electron chi connectivity index (χ3n) is 3.83. The molecule has 0 saturated carbocycles. The summed E-state index contributed by atoms with van der Waals surface area (Å²) in [5.74, 6) is 1.54. The molecule has 0 fully saturated rings. The molecule has 1 aliphatic rings. The quantitative estimate of drug-likeness (QED) is 0.640. The minimum Gasteiger partial charge on any atom is -0.478 e. The van der Waals surface area contributed by atoms with Crippen LogP contribution in [-0.4, -0.2) is 24.5 Å². The molecule has 1 heterocycles. The van der Waals surface area contributed by atoms with Gasteiger partial charge >= 0.3 is 0 Å². The second-order valence-corrected chi connectivity index (χ2v) is 6.74. The largest absolute Gasteiger partial charge is 0.478 e. The number of rotatable bonds is 5. The van der Waals surface area contributed by atoms with Crippen LogP contribution in [0.2, 0.25) is 5.02 Å². The van der Waals surface area contributed by atoms with Gasteiger partial charge in [-0.25, -0.2) is 5.43 Å². The highest BCUT2D eigenvalue weighted by atomic mass is 35.5. The fraction of sp³-hybridized carbons (Fsp3) is 0.263. The first-order valence-corrected chi connectivity index (χ1v) is 8.41. The summed E-state index contributed by atoms with van der Waals surface area (Å²) in [6.45, 7) is 5.42. The Morgan fingerprint density at radius 2 is 2.00 bits per heavy atom. The minimum absolute atomic E-state index is 0.211. The second-order valence-electron chi connectivity index (χ2n) is 6.34. The molecule has 0 aromatic heterocycles. The summed E-state index contributed by atoms with van der Waals surface area (Å²) in [4.78, 5) is 12.4. The number of carbonyl (C=O) groups is 1. The molecule has 0 atom stereocenters. The number of halogens is 1. The van der Waals surface area contributed by atoms with Crippen molar-refractivity contribution >= 4 is 23.7 Å². The molecule has 0 radical (unpaired) electrons. The predicted octanol–water partition coefficient (Wildman–Crippen LogP) is 3.68. The lowest BCUT2D eigenvalue weighted by Gasteiger charge is -2.24. The number of carbonyl (C=O) groups excluding carboxylic acids is 1. The van der Waals surface area contributed by atoms with Crippen LogP contribution in [0.4, 0.5) is 0 Å². The highest BCUT2D eigenvalue weighted by molar-refractivity contribution is 6.31. The summed E-state index contributed by atoms with van der Waals surface area (Å²) in [7, 11) is 0. The maximum atomic E-state index is 12.4. The van der Waals surface area contributed by atoms with Gasteiger partial charge in [0.05, 0.1) is 6.21 Å². The van der Waals surface area contributed by atoms with Crippen LogP contribution in [0.15, 0.2) is 41.5 Å². The van der Waals surface area contributed by atoms with Gasteiger partial charge in [-0.05, 0) is 68.3 Å². The van der Waals surface area contributed by atoms with E-state index >= 15 is 0 Å². The van der Waals surface area contributed by atoms with Crippen LogP contribution in [0.25, 0.3) is 0 Å². The fourth-order valence-corrected chi connectivity index (χ4v) is 2.43. The number of hydrogen-bond acceptors (Lipinski definition) is 5. The lowest BCUT2D eigenvalue weighted by atomic mass is 10.1. The van der Waals surface area contributed by atoms with Crippen molar-refractivity contribution in [3.63, 3.8) is 0 Å². The highest BCUT2D eigenvalue weighted by Crippen LogP contribution is 2.32. The average Bonchev–Trinajstić information content (AvgIpc) is 3.05. The van der Waals surface area contributed by atoms with Crippen molar-refractivity contribution in [3.8, 4) is 17.2 Å². The first kappa shape index (κ1) is 18.1. The SMILES string of the molecule is Cc1cc(OC(C)(C)C(=O)NN=Cc2ccc3c(c2)OCO3)ccc1Cl. The molecule has 26 heavy (non-hydrogen) atoms. The Balaban J connectivity index is 1.61. The van der Waals surface area contributed by atoms with E-state index < -0.39 is 5.60 Å². The molecule has 0 aliphatic carbocycles. The Morgan fingerprint density at radius 1 is 1.23 bits per heavy atom. The van der Waals surface area contributed by atoms with E-state index in [-0.39, 0.29) is 12.7 Å². The van der Waals surface area contributed by atoms with Gasteiger partial charge in [0.1, 0.15) is 5.75 Å². The lowest BCUT2D eigenvalue weighted by Crippen LogP contribution is -2.44. The number of hydrogen-bond donors (Lipinski definition) is 1. The molecule has 2 aromatic rings. The third kappa shape index (κ3) is 4.08. The molecular formula is C19H19ClN2O4. The van der Waals surface area contributed by atoms with Gasteiger partial charge < -0.3 is 14.2 Å². The molecule has 0 spiro atoms. The normalized spacial score (nSPS) is 13.1. The van der Waals surface area contributed by atoms with E-state index in [1.54, 1.807) is 44.2 Å². The van der Waals surface area contributed by atoms with Crippen molar-refractivity contribution in [2.45, 2.75) is 26.4 Å². The zero-order chi connectivity index (χ0) is 18.7. The number of nitrogens with zero attached hydrogens (tertiary/aromatic N) is 1. The summed E-state index contributed by atoms with van der Waals surface area (Å²) < 4.78 is 16.3. The standard InChI is InChI=1S/C19H19ClN2O4/c1-12-8-14(5-6-15(12)20)26-19(2,3)18(23)22-21-10-13-4-7-16-17(9-13)25-11-24-16/h4-10H,11H2,1-3H3,(H,22,23). The van der Waals surface area contributed by atoms with E-state index in [1.165, 1.54) is 6.21 Å². The number of hydrazone groups is 1. The number of aryl methyl sites for hydroxylation is 1. The van der Waals surface area contributed by atoms with Gasteiger partial charge in [-0.15, -0.1) is 0 Å². The third-order valence-corrected chi connectivity index (χ3v) is 4.25. The molecule has 136 valence electrons. The maximum Gasteiger partial charge on any atom is 0.283 e. The summed E-state index contributed by atoms with van der Waals surface area (Å²) in [5, 5.41) is 4.63. The molecule has 2 aromatic carbocycles. The average molecular weight is 375 g/mol. The van der Waals surface area contributed by atoms with Crippen LogP contribution in [-0.2, 0) is 4.79 Å². The van der Waals surface area contributed by atoms with Gasteiger partial charge in [-0.2, -0.15) is 5.10 Å². The highest BCUT2D eigenvalue weighted by Gasteiger charge is 2.30. The lowest BCUT2D eigenvalue weighted by molar-refractivity contribution is -0.134. The fourth-order valence-electron chi connectivity index (χ4n) is 2.32. The molecule has 1 aliphatic heterocycles. The Labute approximate surface area is 156 Å². The molecule has 7 heteroatoms. The van der Waals surface area contributed by atoms with Crippen LogP contribution >= 0.6 is 11.6 Å². The molecule has 3 rings (SSSR count). The Kier molecular flexibility index (Phi) is 5.04. The maximum absolute atomic E-state index is 12.4. The van der Waals surface area contributed by atoms with Gasteiger partial charge in [0.2, 0.25) is 6.79 Å². The Morgan fingerprint density at radius 3 is 2.77 bits per heavy atom. The van der Waals surface area contributed by atoms with Crippen molar-refractivity contribution in [2.75, 3.05) is 6.79 Å². The smallest absolute Gasteiger partial charge is 0.283 e. The van der Waals surface area contributed by atoms with E-state index in [0.29, 0.717) is 22.3 Å². The summed E-state index contributed by atoms with van der Waals surface area (Å²) >= 11 is 6.01.